The third-order valence-corrected chi connectivity index (χ3v) is 14.5. The van der Waals surface area contributed by atoms with Crippen molar-refractivity contribution in [2.45, 2.75) is 245 Å². The minimum absolute atomic E-state index is 0.000252. The van der Waals surface area contributed by atoms with E-state index < -0.39 is 33.2 Å². The molecule has 10 heteroatoms. The summed E-state index contributed by atoms with van der Waals surface area (Å²) in [5, 5.41) is 0. The molecule has 0 saturated heterocycles. The van der Waals surface area contributed by atoms with Crippen molar-refractivity contribution in [3.05, 3.63) is 0 Å². The first-order chi connectivity index (χ1) is 25.6. The molecule has 0 spiro atoms. The molecule has 1 rings (SSSR count). The Morgan fingerprint density at radius 3 is 0.830 bits per heavy atom. The molecule has 1 aliphatic rings. The molecule has 1 saturated carbocycles. The van der Waals surface area contributed by atoms with Crippen molar-refractivity contribution >= 4 is 27.8 Å². The maximum absolute atomic E-state index is 13.2. The predicted octanol–water partition coefficient (Wildman–Crippen LogP) is 13.1. The van der Waals surface area contributed by atoms with Crippen LogP contribution in [0.2, 0.25) is 0 Å². The second-order valence-corrected chi connectivity index (χ2v) is 21.0. The maximum atomic E-state index is 13.2. The van der Waals surface area contributed by atoms with Crippen LogP contribution >= 0.6 is 15.9 Å². The number of hydrogen-bond acceptors (Lipinski definition) is 8. The van der Waals surface area contributed by atoms with Crippen LogP contribution in [-0.2, 0) is 18.6 Å². The van der Waals surface area contributed by atoms with Crippen molar-refractivity contribution in [1.29, 1.82) is 0 Å². The Hall–Kier alpha value is -0.360. The van der Waals surface area contributed by atoms with E-state index in [1.807, 2.05) is 0 Å². The topological polar surface area (TPSA) is 134 Å². The zero-order chi connectivity index (χ0) is 38.9. The minimum atomic E-state index is -4.32. The first-order valence-electron chi connectivity index (χ1n) is 22.9. The molecular weight excluding hydrogens is 706 g/mol. The SMILES string of the molecule is CCCCCCCCCCCCCCCCCC[PH](O)(O)OC(=O)C1(C(=O)O[PH](O)(O)CCCCCCCCCCCCCCCCCC)CCCC1. The van der Waals surface area contributed by atoms with Gasteiger partial charge in [0.25, 0.3) is 0 Å². The van der Waals surface area contributed by atoms with Crippen molar-refractivity contribution < 1.29 is 38.2 Å². The Morgan fingerprint density at radius 1 is 0.396 bits per heavy atom. The zero-order valence-electron chi connectivity index (χ0n) is 34.8. The summed E-state index contributed by atoms with van der Waals surface area (Å²) < 4.78 is 10.5. The number of carbonyl (C=O) groups excluding carboxylic acids is 2. The van der Waals surface area contributed by atoms with Crippen LogP contribution in [0.4, 0.5) is 0 Å². The van der Waals surface area contributed by atoms with Gasteiger partial charge in [0.2, 0.25) is 0 Å². The molecule has 0 unspecified atom stereocenters. The molecule has 53 heavy (non-hydrogen) atoms. The van der Waals surface area contributed by atoms with Gasteiger partial charge in [0.1, 0.15) is 0 Å². The third-order valence-electron chi connectivity index (χ3n) is 11.5. The summed E-state index contributed by atoms with van der Waals surface area (Å²) in [5.41, 5.74) is -1.70. The molecule has 318 valence electrons. The van der Waals surface area contributed by atoms with Gasteiger partial charge in [-0.1, -0.05) is 78.1 Å². The summed E-state index contributed by atoms with van der Waals surface area (Å²) in [6, 6.07) is 0. The molecule has 0 aromatic carbocycles. The van der Waals surface area contributed by atoms with Crippen LogP contribution in [0.25, 0.3) is 0 Å². The van der Waals surface area contributed by atoms with Crippen LogP contribution in [0.15, 0.2) is 0 Å². The van der Waals surface area contributed by atoms with Gasteiger partial charge in [0.05, 0.1) is 0 Å². The number of carbonyl (C=O) groups is 2. The number of hydrogen-bond donors (Lipinski definition) is 4. The van der Waals surface area contributed by atoms with E-state index in [1.54, 1.807) is 0 Å². The second-order valence-electron chi connectivity index (χ2n) is 16.7. The number of rotatable bonds is 38. The van der Waals surface area contributed by atoms with Crippen molar-refractivity contribution in [1.82, 2.24) is 0 Å². The van der Waals surface area contributed by atoms with Gasteiger partial charge in [-0.2, -0.15) is 0 Å². The van der Waals surface area contributed by atoms with Crippen LogP contribution in [0.1, 0.15) is 245 Å². The first kappa shape index (κ1) is 50.7. The predicted molar refractivity (Wildman–Crippen MR) is 227 cm³/mol. The Bertz CT molecular complexity index is 814. The summed E-state index contributed by atoms with van der Waals surface area (Å²) in [4.78, 5) is 68.9. The summed E-state index contributed by atoms with van der Waals surface area (Å²) in [6.07, 6.45) is 40.4. The molecule has 0 bridgehead atoms. The van der Waals surface area contributed by atoms with Crippen molar-refractivity contribution in [2.75, 3.05) is 12.3 Å². The standard InChI is InChI=1S/C43H88O8P2/c1-3-5-7-9-11-13-15-17-19-21-23-25-27-29-31-35-39-52(46,47)50-41(44)43(37-33-34-38-43)42(45)51-53(48,49)40-36-32-30-28-26-24-22-20-18-16-14-12-10-8-6-4-2/h46-49,52-53H,3-40H2,1-2H3. The first-order valence-corrected chi connectivity index (χ1v) is 27.0. The van der Waals surface area contributed by atoms with Gasteiger partial charge in [-0.15, -0.1) is 0 Å². The quantitative estimate of drug-likeness (QED) is 0.0276. The van der Waals surface area contributed by atoms with Crippen LogP contribution in [0, 0.1) is 5.41 Å². The van der Waals surface area contributed by atoms with E-state index in [4.69, 9.17) is 9.05 Å². The van der Waals surface area contributed by atoms with Gasteiger partial charge in [0, 0.05) is 0 Å². The Balaban J connectivity index is 2.18. The third kappa shape index (κ3) is 27.0. The van der Waals surface area contributed by atoms with E-state index in [2.05, 4.69) is 13.8 Å². The fraction of sp³-hybridized carbons (Fsp3) is 0.953. The van der Waals surface area contributed by atoms with Gasteiger partial charge in [-0.3, -0.25) is 0 Å². The Morgan fingerprint density at radius 2 is 0.604 bits per heavy atom. The van der Waals surface area contributed by atoms with E-state index in [-0.39, 0.29) is 25.2 Å². The van der Waals surface area contributed by atoms with E-state index in [0.29, 0.717) is 25.7 Å². The molecule has 0 radical (unpaired) electrons. The average molecular weight is 795 g/mol. The van der Waals surface area contributed by atoms with Crippen molar-refractivity contribution in [2.24, 2.45) is 5.41 Å². The van der Waals surface area contributed by atoms with Gasteiger partial charge in [-0.25, -0.2) is 0 Å². The van der Waals surface area contributed by atoms with Crippen LogP contribution < -0.4 is 0 Å². The fourth-order valence-corrected chi connectivity index (χ4v) is 10.5. The van der Waals surface area contributed by atoms with E-state index >= 15 is 0 Å². The van der Waals surface area contributed by atoms with Crippen LogP contribution in [-0.4, -0.2) is 43.8 Å². The molecule has 8 nitrogen and oxygen atoms in total. The van der Waals surface area contributed by atoms with Gasteiger partial charge >= 0.3 is 251 Å². The monoisotopic (exact) mass is 795 g/mol. The van der Waals surface area contributed by atoms with Crippen molar-refractivity contribution in [3.8, 4) is 0 Å². The summed E-state index contributed by atoms with van der Waals surface area (Å²) in [7, 11) is -8.64. The van der Waals surface area contributed by atoms with Crippen molar-refractivity contribution in [3.63, 3.8) is 0 Å². The molecule has 0 atom stereocenters. The van der Waals surface area contributed by atoms with Crippen LogP contribution in [0.3, 0.4) is 0 Å². The second kappa shape index (κ2) is 32.7. The van der Waals surface area contributed by atoms with Gasteiger partial charge < -0.3 is 0 Å². The Labute approximate surface area is 327 Å². The molecule has 0 aliphatic heterocycles. The molecule has 4 N–H and O–H groups in total. The molecule has 0 amide bonds. The molecule has 1 aliphatic carbocycles. The molecule has 0 aromatic heterocycles. The summed E-state index contributed by atoms with van der Waals surface area (Å²) in [6.45, 7) is 4.52. The molecule has 1 fully saturated rings. The molecule has 0 aromatic rings. The number of unbranched alkanes of at least 4 members (excludes halogenated alkanes) is 30. The fourth-order valence-electron chi connectivity index (χ4n) is 7.87. The zero-order valence-corrected chi connectivity index (χ0v) is 36.8. The summed E-state index contributed by atoms with van der Waals surface area (Å²) >= 11 is 0. The van der Waals surface area contributed by atoms with Crippen LogP contribution in [0.5, 0.6) is 0 Å². The molecule has 0 heterocycles. The van der Waals surface area contributed by atoms with Gasteiger partial charge in [-0.05, 0) is 0 Å². The summed E-state index contributed by atoms with van der Waals surface area (Å²) in [5.74, 6) is -1.97. The molecular formula is C43H88O8P2. The normalized spacial score (nSPS) is 15.1. The van der Waals surface area contributed by atoms with Gasteiger partial charge in [0.15, 0.2) is 0 Å². The van der Waals surface area contributed by atoms with E-state index in [1.165, 1.54) is 154 Å². The average Bonchev–Trinajstić information content (AvgIpc) is 3.63. The van der Waals surface area contributed by atoms with E-state index in [9.17, 15) is 29.2 Å². The van der Waals surface area contributed by atoms with E-state index in [0.717, 1.165) is 38.5 Å². The Kier molecular flexibility index (Phi) is 31.3.